The van der Waals surface area contributed by atoms with Crippen molar-refractivity contribution in [2.75, 3.05) is 12.3 Å². The summed E-state index contributed by atoms with van der Waals surface area (Å²) in [5, 5.41) is 4.55. The van der Waals surface area contributed by atoms with Gasteiger partial charge in [-0.05, 0) is 97.3 Å². The Kier molecular flexibility index (Phi) is 5.66. The van der Waals surface area contributed by atoms with Crippen molar-refractivity contribution in [2.45, 2.75) is 67.6 Å². The first kappa shape index (κ1) is 19.6. The zero-order valence-electron chi connectivity index (χ0n) is 16.3. The minimum Gasteiger partial charge on any atom is -0.382 e. The number of unbranched alkanes of at least 4 members (excludes halogenated alkanes) is 1. The molecule has 5 rings (SSSR count). The zero-order valence-corrected chi connectivity index (χ0v) is 19.3. The fourth-order valence-corrected chi connectivity index (χ4v) is 5.79. The van der Waals surface area contributed by atoms with Crippen molar-refractivity contribution in [3.8, 4) is 0 Å². The molecule has 1 fully saturated rings. The minimum absolute atomic E-state index is 0.453. The van der Waals surface area contributed by atoms with E-state index in [4.69, 9.17) is 10.7 Å². The molecule has 2 aliphatic rings. The zero-order chi connectivity index (χ0) is 19.8. The molecule has 0 spiro atoms. The molecule has 2 aliphatic carbocycles. The van der Waals surface area contributed by atoms with Gasteiger partial charge in [0.25, 0.3) is 0 Å². The molecule has 29 heavy (non-hydrogen) atoms. The predicted molar refractivity (Wildman–Crippen MR) is 125 cm³/mol. The third-order valence-corrected chi connectivity index (χ3v) is 8.00. The lowest BCUT2D eigenvalue weighted by molar-refractivity contribution is 0.550. The van der Waals surface area contributed by atoms with E-state index >= 15 is 0 Å². The summed E-state index contributed by atoms with van der Waals surface area (Å²) in [5.74, 6) is 0.453. The monoisotopic (exact) mass is 520 g/mol. The average molecular weight is 520 g/mol. The fraction of sp³-hybridized carbons (Fsp3) is 0.476. The summed E-state index contributed by atoms with van der Waals surface area (Å²) in [6, 6.07) is 5.47. The molecule has 152 valence electrons. The predicted octanol–water partition coefficient (Wildman–Crippen LogP) is 4.19. The molecular formula is C21H25IN6S. The van der Waals surface area contributed by atoms with E-state index in [9.17, 15) is 0 Å². The van der Waals surface area contributed by atoms with Gasteiger partial charge in [0, 0.05) is 21.1 Å². The van der Waals surface area contributed by atoms with Crippen LogP contribution in [0.1, 0.15) is 43.2 Å². The molecule has 1 saturated carbocycles. The van der Waals surface area contributed by atoms with Crippen molar-refractivity contribution >= 4 is 51.3 Å². The third-order valence-electron chi connectivity index (χ3n) is 5.69. The van der Waals surface area contributed by atoms with E-state index in [0.29, 0.717) is 11.3 Å². The number of rotatable bonds is 8. The van der Waals surface area contributed by atoms with Gasteiger partial charge in [0.1, 0.15) is 6.33 Å². The first-order chi connectivity index (χ1) is 14.2. The van der Waals surface area contributed by atoms with Crippen molar-refractivity contribution < 1.29 is 0 Å². The minimum atomic E-state index is 0.453. The largest absolute Gasteiger partial charge is 0.382 e. The van der Waals surface area contributed by atoms with Crippen molar-refractivity contribution in [3.63, 3.8) is 0 Å². The normalized spacial score (nSPS) is 15.9. The van der Waals surface area contributed by atoms with Crippen LogP contribution in [0.3, 0.4) is 0 Å². The Hall–Kier alpha value is -1.39. The highest BCUT2D eigenvalue weighted by Crippen LogP contribution is 2.37. The van der Waals surface area contributed by atoms with Gasteiger partial charge in [-0.25, -0.2) is 15.0 Å². The number of nitrogens with one attached hydrogen (secondary N) is 1. The number of hydrogen-bond donors (Lipinski definition) is 2. The number of halogens is 1. The standard InChI is InChI=1S/C21H25IN6S/c22-16-10-13-4-3-5-14(13)11-17(16)29-21-27-18-19(23)25-12-26-20(18)28(21)9-2-1-8-24-15-6-7-15/h10-12,15,24H,1-9H2,(H2,23,25,26). The third kappa shape index (κ3) is 4.25. The molecule has 2 heterocycles. The maximum absolute atomic E-state index is 6.10. The Balaban J connectivity index is 1.40. The molecule has 6 nitrogen and oxygen atoms in total. The number of nitrogen functional groups attached to an aromatic ring is 1. The van der Waals surface area contributed by atoms with E-state index in [0.717, 1.165) is 42.8 Å². The first-order valence-corrected chi connectivity index (χ1v) is 12.3. The van der Waals surface area contributed by atoms with E-state index in [1.807, 2.05) is 0 Å². The molecular weight excluding hydrogens is 495 g/mol. The van der Waals surface area contributed by atoms with Gasteiger partial charge in [-0.3, -0.25) is 0 Å². The molecule has 0 radical (unpaired) electrons. The lowest BCUT2D eigenvalue weighted by Gasteiger charge is -2.11. The number of nitrogens with two attached hydrogens (primary N) is 1. The van der Waals surface area contributed by atoms with Crippen molar-refractivity contribution in [3.05, 3.63) is 33.2 Å². The van der Waals surface area contributed by atoms with Crippen molar-refractivity contribution in [1.82, 2.24) is 24.8 Å². The van der Waals surface area contributed by atoms with Crippen molar-refractivity contribution in [2.24, 2.45) is 0 Å². The Morgan fingerprint density at radius 2 is 2.00 bits per heavy atom. The van der Waals surface area contributed by atoms with E-state index < -0.39 is 0 Å². The summed E-state index contributed by atoms with van der Waals surface area (Å²) in [6.45, 7) is 1.97. The van der Waals surface area contributed by atoms with E-state index in [1.165, 1.54) is 58.0 Å². The smallest absolute Gasteiger partial charge is 0.175 e. The number of hydrogen-bond acceptors (Lipinski definition) is 6. The maximum Gasteiger partial charge on any atom is 0.175 e. The van der Waals surface area contributed by atoms with Crippen LogP contribution >= 0.6 is 34.4 Å². The van der Waals surface area contributed by atoms with E-state index in [2.05, 4.69) is 54.6 Å². The van der Waals surface area contributed by atoms with Crippen LogP contribution in [0, 0.1) is 3.57 Å². The molecule has 8 heteroatoms. The maximum atomic E-state index is 6.10. The number of imidazole rings is 1. The Bertz CT molecular complexity index is 1050. The highest BCUT2D eigenvalue weighted by Gasteiger charge is 2.21. The number of aromatic nitrogens is 4. The summed E-state index contributed by atoms with van der Waals surface area (Å²) in [5.41, 5.74) is 10.6. The SMILES string of the molecule is Nc1ncnc2c1nc(Sc1cc3c(cc1I)CCC3)n2CCCCNC1CC1. The molecule has 0 amide bonds. The Labute approximate surface area is 188 Å². The summed E-state index contributed by atoms with van der Waals surface area (Å²) in [6.07, 6.45) is 10.1. The molecule has 3 N–H and O–H groups in total. The van der Waals surface area contributed by atoms with Crippen LogP contribution in [0.15, 0.2) is 28.5 Å². The second kappa shape index (κ2) is 8.39. The summed E-state index contributed by atoms with van der Waals surface area (Å²) in [7, 11) is 0. The quantitative estimate of drug-likeness (QED) is 0.343. The molecule has 0 saturated heterocycles. The van der Waals surface area contributed by atoms with Gasteiger partial charge in [-0.15, -0.1) is 0 Å². The number of fused-ring (bicyclic) bond motifs is 2. The molecule has 0 atom stereocenters. The Morgan fingerprint density at radius 1 is 1.17 bits per heavy atom. The highest BCUT2D eigenvalue weighted by atomic mass is 127. The lowest BCUT2D eigenvalue weighted by Crippen LogP contribution is -2.17. The molecule has 0 bridgehead atoms. The van der Waals surface area contributed by atoms with Crippen LogP contribution in [0.25, 0.3) is 11.2 Å². The first-order valence-electron chi connectivity index (χ1n) is 10.4. The van der Waals surface area contributed by atoms with Gasteiger partial charge >= 0.3 is 0 Å². The van der Waals surface area contributed by atoms with Crippen LogP contribution in [-0.2, 0) is 19.4 Å². The van der Waals surface area contributed by atoms with E-state index in [1.54, 1.807) is 11.8 Å². The fourth-order valence-electron chi connectivity index (χ4n) is 3.95. The summed E-state index contributed by atoms with van der Waals surface area (Å²) < 4.78 is 3.51. The van der Waals surface area contributed by atoms with Gasteiger partial charge in [-0.1, -0.05) is 11.8 Å². The number of nitrogens with zero attached hydrogens (tertiary/aromatic N) is 4. The number of anilines is 1. The molecule has 2 aromatic heterocycles. The van der Waals surface area contributed by atoms with Gasteiger partial charge in [0.15, 0.2) is 22.1 Å². The summed E-state index contributed by atoms with van der Waals surface area (Å²) in [4.78, 5) is 14.7. The Morgan fingerprint density at radius 3 is 2.83 bits per heavy atom. The van der Waals surface area contributed by atoms with Gasteiger partial charge in [0.2, 0.25) is 0 Å². The number of benzene rings is 1. The topological polar surface area (TPSA) is 81.7 Å². The van der Waals surface area contributed by atoms with Crippen LogP contribution in [0.5, 0.6) is 0 Å². The highest BCUT2D eigenvalue weighted by molar-refractivity contribution is 14.1. The van der Waals surface area contributed by atoms with Crippen LogP contribution in [-0.4, -0.2) is 32.1 Å². The molecule has 3 aromatic rings. The van der Waals surface area contributed by atoms with Crippen LogP contribution < -0.4 is 11.1 Å². The molecule has 1 aromatic carbocycles. The summed E-state index contributed by atoms with van der Waals surface area (Å²) >= 11 is 4.18. The van der Waals surface area contributed by atoms with E-state index in [-0.39, 0.29) is 0 Å². The second-order valence-electron chi connectivity index (χ2n) is 7.92. The second-order valence-corrected chi connectivity index (χ2v) is 10.1. The van der Waals surface area contributed by atoms with Crippen molar-refractivity contribution in [1.29, 1.82) is 0 Å². The van der Waals surface area contributed by atoms with Gasteiger partial charge in [0.05, 0.1) is 0 Å². The lowest BCUT2D eigenvalue weighted by atomic mass is 10.1. The van der Waals surface area contributed by atoms with Crippen LogP contribution in [0.4, 0.5) is 5.82 Å². The number of aryl methyl sites for hydroxylation is 3. The van der Waals surface area contributed by atoms with Crippen LogP contribution in [0.2, 0.25) is 0 Å². The average Bonchev–Trinajstić information content (AvgIpc) is 3.31. The molecule has 0 unspecified atom stereocenters. The molecule has 0 aliphatic heterocycles. The van der Waals surface area contributed by atoms with Gasteiger partial charge < -0.3 is 15.6 Å². The van der Waals surface area contributed by atoms with Gasteiger partial charge in [-0.2, -0.15) is 0 Å².